The van der Waals surface area contributed by atoms with Crippen LogP contribution in [0.3, 0.4) is 0 Å². The van der Waals surface area contributed by atoms with E-state index in [1.165, 1.54) is 64.2 Å². The van der Waals surface area contributed by atoms with Crippen molar-refractivity contribution >= 4 is 12.6 Å². The van der Waals surface area contributed by atoms with E-state index in [0.717, 1.165) is 74.2 Å². The van der Waals surface area contributed by atoms with E-state index in [1.54, 1.807) is 5.57 Å². The molecule has 46 heavy (non-hydrogen) atoms. The van der Waals surface area contributed by atoms with E-state index in [0.29, 0.717) is 23.4 Å². The predicted molar refractivity (Wildman–Crippen MR) is 190 cm³/mol. The zero-order valence-corrected chi connectivity index (χ0v) is 30.7. The second-order valence-corrected chi connectivity index (χ2v) is 17.9. The summed E-state index contributed by atoms with van der Waals surface area (Å²) < 4.78 is 12.1. The standard InChI is InChI=1S/C39H69NO5S/c1-24(2)11-10-12-25(3)29-16-17-30-28-15-14-26-23-27(18-20-38(26,4)31(28)19-21-39(29,30)5)44-22-9-7-6-8-13-32(40)36-34(42)33(41)35(43)37(46)45-36/h14,24-25,27-37,41-43,46H,6-13,15-23,40H2,1-5H3/t25-,27-,28?,29-,30?,31?,32?,33+,34-,35-,36-,37+,38+,39-/m1/s1. The van der Waals surface area contributed by atoms with Crippen molar-refractivity contribution in [2.24, 2.45) is 52.1 Å². The first-order chi connectivity index (χ1) is 21.9. The van der Waals surface area contributed by atoms with Gasteiger partial charge in [0, 0.05) is 12.6 Å². The maximum atomic E-state index is 10.3. The van der Waals surface area contributed by atoms with Gasteiger partial charge >= 0.3 is 0 Å². The summed E-state index contributed by atoms with van der Waals surface area (Å²) in [5.41, 5.74) is 8.09. The SMILES string of the molecule is CC(C)CCC[C@@H](C)[C@H]1CCC2C3CC=C4C[C@H](OCCCCCCC(N)[C@H]5O[C@@H](S)[C@H](O)[C@@H](O)[C@H]5O)CC[C@]4(C)C3CC[C@@]21C. The van der Waals surface area contributed by atoms with Gasteiger partial charge in [-0.05, 0) is 111 Å². The summed E-state index contributed by atoms with van der Waals surface area (Å²) >= 11 is 4.17. The van der Waals surface area contributed by atoms with Crippen molar-refractivity contribution in [1.82, 2.24) is 0 Å². The number of ether oxygens (including phenoxy) is 2. The summed E-state index contributed by atoms with van der Waals surface area (Å²) in [6, 6.07) is -0.404. The number of hydrogen-bond donors (Lipinski definition) is 5. The van der Waals surface area contributed by atoms with E-state index in [-0.39, 0.29) is 0 Å². The molecule has 3 saturated carbocycles. The Morgan fingerprint density at radius 2 is 1.65 bits per heavy atom. The van der Waals surface area contributed by atoms with Crippen LogP contribution >= 0.6 is 12.6 Å². The lowest BCUT2D eigenvalue weighted by atomic mass is 9.47. The molecular formula is C39H69NO5S. The minimum atomic E-state index is -1.29. The van der Waals surface area contributed by atoms with Crippen LogP contribution in [0.1, 0.15) is 137 Å². The number of aliphatic hydroxyl groups excluding tert-OH is 3. The van der Waals surface area contributed by atoms with Crippen molar-refractivity contribution in [1.29, 1.82) is 0 Å². The topological polar surface area (TPSA) is 105 Å². The fourth-order valence-electron chi connectivity index (χ4n) is 11.3. The number of hydrogen-bond acceptors (Lipinski definition) is 7. The van der Waals surface area contributed by atoms with Gasteiger partial charge in [-0.3, -0.25) is 0 Å². The van der Waals surface area contributed by atoms with E-state index >= 15 is 0 Å². The van der Waals surface area contributed by atoms with E-state index in [2.05, 4.69) is 53.3 Å². The normalized spacial score (nSPS) is 43.8. The zero-order chi connectivity index (χ0) is 33.2. The highest BCUT2D eigenvalue weighted by Gasteiger charge is 2.59. The summed E-state index contributed by atoms with van der Waals surface area (Å²) in [7, 11) is 0. The number of rotatable bonds is 14. The largest absolute Gasteiger partial charge is 0.388 e. The minimum Gasteiger partial charge on any atom is -0.388 e. The van der Waals surface area contributed by atoms with Crippen molar-refractivity contribution < 1.29 is 24.8 Å². The Hall–Kier alpha value is -0.150. The third kappa shape index (κ3) is 7.76. The van der Waals surface area contributed by atoms with Crippen molar-refractivity contribution in [3.05, 3.63) is 11.6 Å². The van der Waals surface area contributed by atoms with Crippen LogP contribution in [0.25, 0.3) is 0 Å². The summed E-state index contributed by atoms with van der Waals surface area (Å²) in [4.78, 5) is 0. The quantitative estimate of drug-likeness (QED) is 0.0753. The Kier molecular flexibility index (Phi) is 12.8. The van der Waals surface area contributed by atoms with Gasteiger partial charge < -0.3 is 30.5 Å². The molecule has 0 amide bonds. The minimum absolute atomic E-state index is 0.363. The Morgan fingerprint density at radius 3 is 2.41 bits per heavy atom. The number of nitrogens with two attached hydrogens (primary N) is 1. The first-order valence-electron chi connectivity index (χ1n) is 19.3. The summed E-state index contributed by atoms with van der Waals surface area (Å²) in [5.74, 6) is 5.29. The van der Waals surface area contributed by atoms with Crippen molar-refractivity contribution in [3.63, 3.8) is 0 Å². The molecule has 0 radical (unpaired) electrons. The lowest BCUT2D eigenvalue weighted by Crippen LogP contribution is -2.60. The second-order valence-electron chi connectivity index (χ2n) is 17.4. The average molecular weight is 664 g/mol. The number of fused-ring (bicyclic) bond motifs is 5. The number of aliphatic hydroxyl groups is 3. The molecule has 1 heterocycles. The molecule has 4 fully saturated rings. The Labute approximate surface area is 286 Å². The monoisotopic (exact) mass is 663 g/mol. The van der Waals surface area contributed by atoms with Crippen LogP contribution < -0.4 is 5.73 Å². The molecule has 4 aliphatic carbocycles. The summed E-state index contributed by atoms with van der Waals surface area (Å²) in [5, 5.41) is 30.2. The number of unbranched alkanes of at least 4 members (excludes halogenated alkanes) is 3. The molecule has 1 aliphatic heterocycles. The van der Waals surface area contributed by atoms with Gasteiger partial charge in [0.2, 0.25) is 0 Å². The Bertz CT molecular complexity index is 1010. The van der Waals surface area contributed by atoms with Gasteiger partial charge in [0.25, 0.3) is 0 Å². The molecule has 5 rings (SSSR count). The highest BCUT2D eigenvalue weighted by Crippen LogP contribution is 2.67. The molecule has 1 saturated heterocycles. The molecule has 266 valence electrons. The molecule has 0 spiro atoms. The van der Waals surface area contributed by atoms with Crippen molar-refractivity contribution in [3.8, 4) is 0 Å². The lowest BCUT2D eigenvalue weighted by Gasteiger charge is -2.58. The van der Waals surface area contributed by atoms with Gasteiger partial charge in [-0.25, -0.2) is 0 Å². The highest BCUT2D eigenvalue weighted by atomic mass is 32.1. The van der Waals surface area contributed by atoms with E-state index in [9.17, 15) is 15.3 Å². The maximum absolute atomic E-state index is 10.3. The molecule has 14 atom stereocenters. The Morgan fingerprint density at radius 1 is 0.891 bits per heavy atom. The van der Waals surface area contributed by atoms with Gasteiger partial charge in [-0.1, -0.05) is 84.8 Å². The second kappa shape index (κ2) is 15.8. The van der Waals surface area contributed by atoms with Gasteiger partial charge in [-0.2, -0.15) is 0 Å². The molecule has 5 N–H and O–H groups in total. The van der Waals surface area contributed by atoms with Crippen LogP contribution in [0.2, 0.25) is 0 Å². The average Bonchev–Trinajstić information content (AvgIpc) is 3.38. The summed E-state index contributed by atoms with van der Waals surface area (Å²) in [6.45, 7) is 13.5. The summed E-state index contributed by atoms with van der Waals surface area (Å²) in [6.07, 6.45) is 18.4. The molecule has 6 nitrogen and oxygen atoms in total. The van der Waals surface area contributed by atoms with Crippen LogP contribution in [0.15, 0.2) is 11.6 Å². The fourth-order valence-corrected chi connectivity index (χ4v) is 11.6. The fraction of sp³-hybridized carbons (Fsp3) is 0.949. The van der Waals surface area contributed by atoms with Crippen LogP contribution in [-0.4, -0.2) is 63.9 Å². The van der Waals surface area contributed by atoms with Gasteiger partial charge in [0.15, 0.2) is 0 Å². The predicted octanol–water partition coefficient (Wildman–Crippen LogP) is 7.43. The first-order valence-corrected chi connectivity index (χ1v) is 19.8. The highest BCUT2D eigenvalue weighted by molar-refractivity contribution is 7.80. The Balaban J connectivity index is 1.03. The maximum Gasteiger partial charge on any atom is 0.129 e. The molecular weight excluding hydrogens is 594 g/mol. The molecule has 0 aromatic rings. The third-order valence-electron chi connectivity index (χ3n) is 14.1. The molecule has 7 heteroatoms. The van der Waals surface area contributed by atoms with E-state index in [1.807, 2.05) is 0 Å². The van der Waals surface area contributed by atoms with Crippen molar-refractivity contribution in [2.75, 3.05) is 6.61 Å². The zero-order valence-electron chi connectivity index (χ0n) is 29.8. The molecule has 4 unspecified atom stereocenters. The number of allylic oxidation sites excluding steroid dienone is 1. The van der Waals surface area contributed by atoms with Crippen LogP contribution in [0.4, 0.5) is 0 Å². The van der Waals surface area contributed by atoms with E-state index < -0.39 is 35.9 Å². The van der Waals surface area contributed by atoms with Crippen LogP contribution in [0, 0.1) is 46.3 Å². The molecule has 5 aliphatic rings. The van der Waals surface area contributed by atoms with Gasteiger partial charge in [0.1, 0.15) is 29.9 Å². The van der Waals surface area contributed by atoms with Crippen LogP contribution in [-0.2, 0) is 9.47 Å². The molecule has 0 aromatic heterocycles. The molecule has 0 aromatic carbocycles. The van der Waals surface area contributed by atoms with Gasteiger partial charge in [0.05, 0.1) is 6.10 Å². The molecule has 0 bridgehead atoms. The first kappa shape index (κ1) is 37.1. The van der Waals surface area contributed by atoms with Crippen molar-refractivity contribution in [2.45, 2.75) is 179 Å². The van der Waals surface area contributed by atoms with E-state index in [4.69, 9.17) is 15.2 Å². The van der Waals surface area contributed by atoms with Crippen LogP contribution in [0.5, 0.6) is 0 Å². The third-order valence-corrected chi connectivity index (χ3v) is 14.5. The number of thiol groups is 1. The van der Waals surface area contributed by atoms with Gasteiger partial charge in [-0.15, -0.1) is 12.6 Å². The smallest absolute Gasteiger partial charge is 0.129 e. The lowest BCUT2D eigenvalue weighted by molar-refractivity contribution is -0.202.